The van der Waals surface area contributed by atoms with Gasteiger partial charge < -0.3 is 14.8 Å². The minimum absolute atomic E-state index is 0.0108. The lowest BCUT2D eigenvalue weighted by atomic mass is 9.92. The Kier molecular flexibility index (Phi) is 8.01. The Labute approximate surface area is 243 Å². The molecule has 3 aromatic carbocycles. The number of halogens is 3. The minimum atomic E-state index is -4.54. The van der Waals surface area contributed by atoms with Gasteiger partial charge in [0.25, 0.3) is 0 Å². The highest BCUT2D eigenvalue weighted by Gasteiger charge is 2.32. The highest BCUT2D eigenvalue weighted by atomic mass is 19.4. The molecule has 2 fully saturated rings. The number of carbonyl (C=O) groups is 1. The molecule has 1 aromatic heterocycles. The summed E-state index contributed by atoms with van der Waals surface area (Å²) >= 11 is 0. The van der Waals surface area contributed by atoms with Gasteiger partial charge in [0.15, 0.2) is 0 Å². The maximum Gasteiger partial charge on any atom is 0.416 e. The van der Waals surface area contributed by atoms with Crippen molar-refractivity contribution >= 4 is 16.9 Å². The molecular formula is C34H33F3N3O2-. The van der Waals surface area contributed by atoms with E-state index in [-0.39, 0.29) is 23.4 Å². The number of nitrogens with zero attached hydrogens (tertiary/aromatic N) is 3. The van der Waals surface area contributed by atoms with Crippen molar-refractivity contribution in [2.45, 2.75) is 50.9 Å². The van der Waals surface area contributed by atoms with E-state index in [4.69, 9.17) is 4.98 Å². The molecule has 218 valence electrons. The Hall–Kier alpha value is -3.75. The summed E-state index contributed by atoms with van der Waals surface area (Å²) in [6, 6.07) is 20.5. The van der Waals surface area contributed by atoms with Crippen LogP contribution in [0.5, 0.6) is 0 Å². The molecule has 8 heteroatoms. The predicted molar refractivity (Wildman–Crippen MR) is 156 cm³/mol. The van der Waals surface area contributed by atoms with Gasteiger partial charge in [-0.25, -0.2) is 4.98 Å². The highest BCUT2D eigenvalue weighted by molar-refractivity contribution is 6.06. The van der Waals surface area contributed by atoms with Crippen molar-refractivity contribution in [3.8, 4) is 22.4 Å². The van der Waals surface area contributed by atoms with Crippen molar-refractivity contribution in [1.29, 1.82) is 0 Å². The van der Waals surface area contributed by atoms with Gasteiger partial charge in [-0.1, -0.05) is 55.0 Å². The summed E-state index contributed by atoms with van der Waals surface area (Å²) in [5, 5.41) is 13.3. The van der Waals surface area contributed by atoms with Crippen LogP contribution in [0.1, 0.15) is 53.6 Å². The van der Waals surface area contributed by atoms with Crippen LogP contribution in [-0.2, 0) is 12.7 Å². The lowest BCUT2D eigenvalue weighted by molar-refractivity contribution is -0.254. The molecule has 42 heavy (non-hydrogen) atoms. The van der Waals surface area contributed by atoms with Gasteiger partial charge in [0.2, 0.25) is 0 Å². The monoisotopic (exact) mass is 572 g/mol. The summed E-state index contributed by atoms with van der Waals surface area (Å²) < 4.78 is 41.0. The number of hydrogen-bond donors (Lipinski definition) is 0. The maximum atomic E-state index is 13.7. The number of alkyl halides is 3. The third-order valence-corrected chi connectivity index (χ3v) is 8.71. The molecule has 0 bridgehead atoms. The predicted octanol–water partition coefficient (Wildman–Crippen LogP) is 6.40. The number of carboxylic acid groups (broad SMARTS) is 1. The van der Waals surface area contributed by atoms with E-state index >= 15 is 0 Å². The summed E-state index contributed by atoms with van der Waals surface area (Å²) in [5.41, 5.74) is 2.21. The first kappa shape index (κ1) is 28.4. The van der Waals surface area contributed by atoms with Crippen LogP contribution in [-0.4, -0.2) is 53.0 Å². The number of aromatic carboxylic acids is 1. The maximum absolute atomic E-state index is 13.7. The van der Waals surface area contributed by atoms with Gasteiger partial charge in [-0.05, 0) is 87.3 Å². The largest absolute Gasteiger partial charge is 0.545 e. The third-order valence-electron chi connectivity index (χ3n) is 8.71. The fourth-order valence-corrected chi connectivity index (χ4v) is 6.53. The van der Waals surface area contributed by atoms with Gasteiger partial charge in [-0.2, -0.15) is 13.2 Å². The standard InChI is InChI=1S/C34H34F3N3O2/c35-34(36,37)26-11-7-10-25(20-26)32-29(22-39-18-14-27(15-19-39)40-16-5-2-6-17-40)31(33(41)42)28-21-24(12-13-30(28)38-32)23-8-3-1-4-9-23/h1,3-4,7-13,20-21,27H,2,5-6,14-19,22H2,(H,41,42)/p-1. The molecule has 0 spiro atoms. The number of benzene rings is 3. The van der Waals surface area contributed by atoms with Crippen LogP contribution in [0.15, 0.2) is 72.8 Å². The van der Waals surface area contributed by atoms with Gasteiger partial charge in [-0.3, -0.25) is 4.90 Å². The fourth-order valence-electron chi connectivity index (χ4n) is 6.53. The molecule has 0 saturated carbocycles. The van der Waals surface area contributed by atoms with Crippen molar-refractivity contribution in [2.24, 2.45) is 0 Å². The van der Waals surface area contributed by atoms with E-state index in [0.717, 1.165) is 62.3 Å². The molecule has 3 heterocycles. The second-order valence-electron chi connectivity index (χ2n) is 11.4. The Balaban J connectivity index is 1.44. The first-order valence-electron chi connectivity index (χ1n) is 14.7. The van der Waals surface area contributed by atoms with Gasteiger partial charge in [0.05, 0.1) is 22.7 Å². The molecule has 4 aromatic rings. The molecule has 2 saturated heterocycles. The molecule has 5 nitrogen and oxygen atoms in total. The molecule has 0 N–H and O–H groups in total. The fraction of sp³-hybridized carbons (Fsp3) is 0.353. The topological polar surface area (TPSA) is 59.5 Å². The summed E-state index contributed by atoms with van der Waals surface area (Å²) in [6.45, 7) is 4.06. The van der Waals surface area contributed by atoms with E-state index in [9.17, 15) is 23.1 Å². The quantitative estimate of drug-likeness (QED) is 0.268. The number of pyridine rings is 1. The number of hydrogen-bond acceptors (Lipinski definition) is 5. The molecular weight excluding hydrogens is 539 g/mol. The zero-order valence-electron chi connectivity index (χ0n) is 23.4. The molecule has 0 amide bonds. The first-order valence-corrected chi connectivity index (χ1v) is 14.7. The van der Waals surface area contributed by atoms with Crippen LogP contribution >= 0.6 is 0 Å². The molecule has 2 aliphatic heterocycles. The van der Waals surface area contributed by atoms with Crippen LogP contribution in [0.2, 0.25) is 0 Å². The number of carbonyl (C=O) groups excluding carboxylic acids is 1. The average Bonchev–Trinajstić information content (AvgIpc) is 3.01. The van der Waals surface area contributed by atoms with Crippen molar-refractivity contribution in [3.05, 3.63) is 89.5 Å². The Morgan fingerprint density at radius 1 is 0.833 bits per heavy atom. The van der Waals surface area contributed by atoms with Crippen LogP contribution in [0, 0.1) is 0 Å². The highest BCUT2D eigenvalue weighted by Crippen LogP contribution is 2.37. The van der Waals surface area contributed by atoms with Crippen LogP contribution < -0.4 is 5.11 Å². The smallest absolute Gasteiger partial charge is 0.416 e. The van der Waals surface area contributed by atoms with Gasteiger partial charge >= 0.3 is 6.18 Å². The first-order chi connectivity index (χ1) is 20.3. The summed E-state index contributed by atoms with van der Waals surface area (Å²) in [4.78, 5) is 22.4. The van der Waals surface area contributed by atoms with E-state index in [1.54, 1.807) is 18.2 Å². The van der Waals surface area contributed by atoms with Crippen LogP contribution in [0.3, 0.4) is 0 Å². The number of likely N-dealkylation sites (tertiary alicyclic amines) is 2. The normalized spacial score (nSPS) is 17.5. The molecule has 6 rings (SSSR count). The lowest BCUT2D eigenvalue weighted by Gasteiger charge is -2.40. The Bertz CT molecular complexity index is 1570. The number of aromatic nitrogens is 1. The summed E-state index contributed by atoms with van der Waals surface area (Å²) in [5.74, 6) is -1.36. The number of fused-ring (bicyclic) bond motifs is 1. The second-order valence-corrected chi connectivity index (χ2v) is 11.4. The summed E-state index contributed by atoms with van der Waals surface area (Å²) in [6.07, 6.45) is 1.13. The van der Waals surface area contributed by atoms with Gasteiger partial charge in [0, 0.05) is 34.7 Å². The van der Waals surface area contributed by atoms with E-state index in [0.29, 0.717) is 22.5 Å². The van der Waals surface area contributed by atoms with E-state index in [1.165, 1.54) is 25.3 Å². The minimum Gasteiger partial charge on any atom is -0.545 e. The number of piperidine rings is 2. The number of carboxylic acids is 1. The molecule has 0 unspecified atom stereocenters. The van der Waals surface area contributed by atoms with Crippen molar-refractivity contribution in [2.75, 3.05) is 26.2 Å². The molecule has 0 radical (unpaired) electrons. The SMILES string of the molecule is O=C([O-])c1c(CN2CCC(N3CCCCC3)CC2)c(-c2cccc(C(F)(F)F)c2)nc2ccc(-c3ccccc3)cc12. The Morgan fingerprint density at radius 3 is 2.24 bits per heavy atom. The third kappa shape index (κ3) is 5.92. The van der Waals surface area contributed by atoms with E-state index < -0.39 is 17.7 Å². The van der Waals surface area contributed by atoms with Crippen molar-refractivity contribution < 1.29 is 23.1 Å². The van der Waals surface area contributed by atoms with Gasteiger partial charge in [-0.15, -0.1) is 0 Å². The van der Waals surface area contributed by atoms with Crippen molar-refractivity contribution in [3.63, 3.8) is 0 Å². The van der Waals surface area contributed by atoms with Crippen LogP contribution in [0.25, 0.3) is 33.3 Å². The van der Waals surface area contributed by atoms with E-state index in [2.05, 4.69) is 9.80 Å². The van der Waals surface area contributed by atoms with Crippen LogP contribution in [0.4, 0.5) is 13.2 Å². The zero-order valence-corrected chi connectivity index (χ0v) is 23.4. The average molecular weight is 573 g/mol. The zero-order chi connectivity index (χ0) is 29.3. The van der Waals surface area contributed by atoms with Gasteiger partial charge in [0.1, 0.15) is 0 Å². The number of rotatable bonds is 6. The Morgan fingerprint density at radius 2 is 1.55 bits per heavy atom. The molecule has 0 atom stereocenters. The molecule has 2 aliphatic rings. The molecule has 0 aliphatic carbocycles. The lowest BCUT2D eigenvalue weighted by Crippen LogP contribution is -2.46. The second kappa shape index (κ2) is 11.9. The summed E-state index contributed by atoms with van der Waals surface area (Å²) in [7, 11) is 0. The van der Waals surface area contributed by atoms with Crippen molar-refractivity contribution in [1.82, 2.24) is 14.8 Å². The van der Waals surface area contributed by atoms with E-state index in [1.807, 2.05) is 36.4 Å².